The minimum absolute atomic E-state index is 0.267. The SMILES string of the molecule is CCCCN1CCC(c2cccc(C(F)(F)F)c2)CC1.FC(F)(F)c1cccc(C2CCNCC2)c1. The molecule has 200 valence electrons. The summed E-state index contributed by atoms with van der Waals surface area (Å²) < 4.78 is 75.8. The van der Waals surface area contributed by atoms with Crippen molar-refractivity contribution in [2.24, 2.45) is 0 Å². The predicted molar refractivity (Wildman–Crippen MR) is 131 cm³/mol. The number of nitrogens with zero attached hydrogens (tertiary/aromatic N) is 1. The van der Waals surface area contributed by atoms with Gasteiger partial charge in [0.2, 0.25) is 0 Å². The molecule has 2 heterocycles. The molecule has 2 fully saturated rings. The van der Waals surface area contributed by atoms with Crippen LogP contribution >= 0.6 is 0 Å². The maximum Gasteiger partial charge on any atom is 0.416 e. The summed E-state index contributed by atoms with van der Waals surface area (Å²) >= 11 is 0. The number of piperidine rings is 2. The summed E-state index contributed by atoms with van der Waals surface area (Å²) in [6.45, 7) is 7.07. The number of unbranched alkanes of at least 4 members (excludes halogenated alkanes) is 1. The Morgan fingerprint density at radius 1 is 0.750 bits per heavy atom. The highest BCUT2D eigenvalue weighted by atomic mass is 19.4. The topological polar surface area (TPSA) is 15.3 Å². The normalized spacial score (nSPS) is 18.5. The van der Waals surface area contributed by atoms with Crippen molar-refractivity contribution in [2.75, 3.05) is 32.7 Å². The zero-order valence-corrected chi connectivity index (χ0v) is 20.8. The van der Waals surface area contributed by atoms with E-state index >= 15 is 0 Å². The van der Waals surface area contributed by atoms with Gasteiger partial charge in [0.05, 0.1) is 11.1 Å². The van der Waals surface area contributed by atoms with Gasteiger partial charge in [0.15, 0.2) is 0 Å². The van der Waals surface area contributed by atoms with E-state index in [0.29, 0.717) is 0 Å². The molecule has 0 saturated carbocycles. The standard InChI is InChI=1S/C16H22F3N.C12H14F3N/c1-2-3-9-20-10-7-13(8-11-20)14-5-4-6-15(12-14)16(17,18)19;13-12(14,15)11-3-1-2-10(8-11)9-4-6-16-7-5-9/h4-6,12-13H,2-3,7-11H2,1H3;1-3,8-9,16H,4-7H2. The summed E-state index contributed by atoms with van der Waals surface area (Å²) in [6.07, 6.45) is -2.32. The summed E-state index contributed by atoms with van der Waals surface area (Å²) in [4.78, 5) is 2.42. The van der Waals surface area contributed by atoms with Crippen LogP contribution in [-0.4, -0.2) is 37.6 Å². The summed E-state index contributed by atoms with van der Waals surface area (Å²) in [5.41, 5.74) is 0.596. The number of hydrogen-bond donors (Lipinski definition) is 1. The quantitative estimate of drug-likeness (QED) is 0.409. The van der Waals surface area contributed by atoms with Crippen LogP contribution in [-0.2, 0) is 12.4 Å². The fourth-order valence-corrected chi connectivity index (χ4v) is 4.96. The van der Waals surface area contributed by atoms with Gasteiger partial charge in [0, 0.05) is 0 Å². The van der Waals surface area contributed by atoms with Crippen molar-refractivity contribution < 1.29 is 26.3 Å². The molecule has 0 spiro atoms. The van der Waals surface area contributed by atoms with Crippen molar-refractivity contribution in [3.05, 3.63) is 70.8 Å². The van der Waals surface area contributed by atoms with Gasteiger partial charge in [-0.25, -0.2) is 0 Å². The van der Waals surface area contributed by atoms with Gasteiger partial charge >= 0.3 is 12.4 Å². The van der Waals surface area contributed by atoms with Gasteiger partial charge in [-0.15, -0.1) is 0 Å². The molecule has 0 bridgehead atoms. The van der Waals surface area contributed by atoms with Gasteiger partial charge in [-0.3, -0.25) is 0 Å². The maximum atomic E-state index is 12.7. The first-order valence-electron chi connectivity index (χ1n) is 12.8. The molecule has 1 N–H and O–H groups in total. The lowest BCUT2D eigenvalue weighted by molar-refractivity contribution is -0.138. The van der Waals surface area contributed by atoms with Gasteiger partial charge in [-0.1, -0.05) is 49.7 Å². The third-order valence-corrected chi connectivity index (χ3v) is 7.13. The molecule has 2 aromatic carbocycles. The van der Waals surface area contributed by atoms with Gasteiger partial charge in [-0.2, -0.15) is 26.3 Å². The summed E-state index contributed by atoms with van der Waals surface area (Å²) in [5, 5.41) is 3.21. The number of hydrogen-bond acceptors (Lipinski definition) is 2. The van der Waals surface area contributed by atoms with Crippen LogP contribution in [0, 0.1) is 0 Å². The molecule has 36 heavy (non-hydrogen) atoms. The Hall–Kier alpha value is -2.06. The smallest absolute Gasteiger partial charge is 0.317 e. The minimum Gasteiger partial charge on any atom is -0.317 e. The van der Waals surface area contributed by atoms with Gasteiger partial charge in [0.25, 0.3) is 0 Å². The average Bonchev–Trinajstić information content (AvgIpc) is 2.88. The third kappa shape index (κ3) is 8.51. The van der Waals surface area contributed by atoms with Crippen LogP contribution in [0.25, 0.3) is 0 Å². The molecule has 0 amide bonds. The van der Waals surface area contributed by atoms with Crippen LogP contribution in [0.3, 0.4) is 0 Å². The third-order valence-electron chi connectivity index (χ3n) is 7.13. The second kappa shape index (κ2) is 13.0. The summed E-state index contributed by atoms with van der Waals surface area (Å²) in [7, 11) is 0. The van der Waals surface area contributed by atoms with Crippen molar-refractivity contribution in [1.82, 2.24) is 10.2 Å². The second-order valence-electron chi connectivity index (χ2n) is 9.74. The van der Waals surface area contributed by atoms with E-state index in [2.05, 4.69) is 17.1 Å². The highest BCUT2D eigenvalue weighted by Crippen LogP contribution is 2.35. The monoisotopic (exact) mass is 514 g/mol. The number of benzene rings is 2. The molecule has 0 aromatic heterocycles. The molecule has 0 unspecified atom stereocenters. The lowest BCUT2D eigenvalue weighted by Crippen LogP contribution is -2.33. The Bertz CT molecular complexity index is 926. The van der Waals surface area contributed by atoms with Gasteiger partial charge in [-0.05, 0) is 99.9 Å². The molecule has 2 aliphatic heterocycles. The van der Waals surface area contributed by atoms with E-state index in [1.165, 1.54) is 37.1 Å². The summed E-state index contributed by atoms with van der Waals surface area (Å²) in [6, 6.07) is 11.6. The fraction of sp³-hybridized carbons (Fsp3) is 0.571. The zero-order valence-electron chi connectivity index (χ0n) is 20.8. The Labute approximate surface area is 210 Å². The number of halogens is 6. The van der Waals surface area contributed by atoms with Crippen LogP contribution in [0.4, 0.5) is 26.3 Å². The molecular weight excluding hydrogens is 478 g/mol. The predicted octanol–water partition coefficient (Wildman–Crippen LogP) is 7.86. The molecule has 2 saturated heterocycles. The molecule has 4 rings (SSSR count). The van der Waals surface area contributed by atoms with Crippen molar-refractivity contribution in [3.8, 4) is 0 Å². The molecule has 0 atom stereocenters. The van der Waals surface area contributed by atoms with Gasteiger partial charge < -0.3 is 10.2 Å². The number of rotatable bonds is 5. The molecule has 2 aromatic rings. The van der Waals surface area contributed by atoms with Crippen molar-refractivity contribution in [3.63, 3.8) is 0 Å². The Balaban J connectivity index is 0.000000205. The van der Waals surface area contributed by atoms with Crippen molar-refractivity contribution in [1.29, 1.82) is 0 Å². The van der Waals surface area contributed by atoms with Crippen LogP contribution in [0.2, 0.25) is 0 Å². The van der Waals surface area contributed by atoms with E-state index in [1.807, 2.05) is 6.07 Å². The van der Waals surface area contributed by atoms with E-state index in [-0.39, 0.29) is 11.8 Å². The minimum atomic E-state index is -4.24. The van der Waals surface area contributed by atoms with Crippen LogP contribution < -0.4 is 5.32 Å². The number of nitrogens with one attached hydrogen (secondary N) is 1. The molecule has 0 aliphatic carbocycles. The summed E-state index contributed by atoms with van der Waals surface area (Å²) in [5.74, 6) is 0.540. The first-order valence-corrected chi connectivity index (χ1v) is 12.8. The lowest BCUT2D eigenvalue weighted by atomic mass is 9.88. The van der Waals surface area contributed by atoms with E-state index < -0.39 is 23.5 Å². The van der Waals surface area contributed by atoms with E-state index in [0.717, 1.165) is 81.7 Å². The average molecular weight is 515 g/mol. The lowest BCUT2D eigenvalue weighted by Gasteiger charge is -2.32. The Kier molecular flexibility index (Phi) is 10.3. The maximum absolute atomic E-state index is 12.7. The molecular formula is C28H36F6N2. The number of likely N-dealkylation sites (tertiary alicyclic amines) is 1. The van der Waals surface area contributed by atoms with E-state index in [4.69, 9.17) is 0 Å². The fourth-order valence-electron chi connectivity index (χ4n) is 4.96. The Morgan fingerprint density at radius 3 is 1.67 bits per heavy atom. The van der Waals surface area contributed by atoms with Crippen LogP contribution in [0.5, 0.6) is 0 Å². The first-order chi connectivity index (χ1) is 17.1. The molecule has 2 aliphatic rings. The second-order valence-corrected chi connectivity index (χ2v) is 9.74. The molecule has 8 heteroatoms. The highest BCUT2D eigenvalue weighted by Gasteiger charge is 2.32. The highest BCUT2D eigenvalue weighted by molar-refractivity contribution is 5.29. The largest absolute Gasteiger partial charge is 0.416 e. The van der Waals surface area contributed by atoms with Crippen molar-refractivity contribution in [2.45, 2.75) is 69.6 Å². The molecule has 2 nitrogen and oxygen atoms in total. The zero-order chi connectivity index (χ0) is 26.2. The van der Waals surface area contributed by atoms with Crippen LogP contribution in [0.1, 0.15) is 79.5 Å². The van der Waals surface area contributed by atoms with Crippen molar-refractivity contribution >= 4 is 0 Å². The van der Waals surface area contributed by atoms with Crippen LogP contribution in [0.15, 0.2) is 48.5 Å². The van der Waals surface area contributed by atoms with E-state index in [1.54, 1.807) is 6.07 Å². The van der Waals surface area contributed by atoms with Gasteiger partial charge in [0.1, 0.15) is 0 Å². The first kappa shape index (κ1) is 28.5. The Morgan fingerprint density at radius 2 is 1.22 bits per heavy atom. The van der Waals surface area contributed by atoms with E-state index in [9.17, 15) is 26.3 Å². The number of alkyl halides is 6. The molecule has 0 radical (unpaired) electrons.